The van der Waals surface area contributed by atoms with E-state index < -0.39 is 6.03 Å². The number of urea groups is 1. The van der Waals surface area contributed by atoms with E-state index in [1.54, 1.807) is 18.1 Å². The Morgan fingerprint density at radius 2 is 2.22 bits per heavy atom. The number of carbonyl (C=O) groups excluding carboxylic acids is 3. The molecule has 0 radical (unpaired) electrons. The predicted octanol–water partition coefficient (Wildman–Crippen LogP) is 2.47. The SMILES string of the molecule is COCCCc1cc(NC(=O)N2CCCc3cc(CN4C(=O)COC[C@@H]4C)c(C=O)nc32)ncc1C#N. The molecule has 2 aromatic heterocycles. The van der Waals surface area contributed by atoms with Crippen molar-refractivity contribution in [2.45, 2.75) is 45.2 Å². The van der Waals surface area contributed by atoms with Gasteiger partial charge in [0, 0.05) is 38.6 Å². The van der Waals surface area contributed by atoms with Gasteiger partial charge in [-0.05, 0) is 55.9 Å². The van der Waals surface area contributed by atoms with E-state index in [1.165, 1.54) is 11.1 Å². The molecule has 4 rings (SSSR count). The molecule has 2 aliphatic heterocycles. The van der Waals surface area contributed by atoms with Gasteiger partial charge in [-0.3, -0.25) is 19.8 Å². The first kappa shape index (κ1) is 26.2. The molecular formula is C26H30N6O5. The van der Waals surface area contributed by atoms with Crippen LogP contribution in [0.3, 0.4) is 0 Å². The van der Waals surface area contributed by atoms with Crippen molar-refractivity contribution in [2.75, 3.05) is 43.7 Å². The van der Waals surface area contributed by atoms with Gasteiger partial charge in [0.2, 0.25) is 5.91 Å². The van der Waals surface area contributed by atoms with Crippen LogP contribution in [0.25, 0.3) is 0 Å². The van der Waals surface area contributed by atoms with Gasteiger partial charge in [0.1, 0.15) is 30.0 Å². The summed E-state index contributed by atoms with van der Waals surface area (Å²) < 4.78 is 10.4. The van der Waals surface area contributed by atoms with Crippen molar-refractivity contribution in [3.63, 3.8) is 0 Å². The molecule has 1 fully saturated rings. The first-order valence-electron chi connectivity index (χ1n) is 12.3. The number of hydrogen-bond acceptors (Lipinski definition) is 8. The maximum Gasteiger partial charge on any atom is 0.328 e. The number of aromatic nitrogens is 2. The fourth-order valence-corrected chi connectivity index (χ4v) is 4.60. The van der Waals surface area contributed by atoms with Gasteiger partial charge < -0.3 is 14.4 Å². The third-order valence-corrected chi connectivity index (χ3v) is 6.55. The monoisotopic (exact) mass is 506 g/mol. The van der Waals surface area contributed by atoms with Crippen molar-refractivity contribution >= 4 is 29.9 Å². The van der Waals surface area contributed by atoms with Crippen molar-refractivity contribution in [3.05, 3.63) is 46.3 Å². The van der Waals surface area contributed by atoms with E-state index in [9.17, 15) is 19.6 Å². The highest BCUT2D eigenvalue weighted by molar-refractivity contribution is 6.01. The van der Waals surface area contributed by atoms with Gasteiger partial charge in [0.15, 0.2) is 6.29 Å². The van der Waals surface area contributed by atoms with E-state index in [-0.39, 0.29) is 30.8 Å². The number of rotatable bonds is 8. The standard InChI is InChI=1S/C26H30N6O5/c1-17-15-37-16-24(34)32(17)13-20-9-19-5-3-7-31(25(19)29-22(20)14-33)26(35)30-23-10-18(6-4-8-36-2)21(11-27)12-28-23/h9-10,12,14,17H,3-8,13,15-16H2,1-2H3,(H,28,30,35)/t17-/m0/s1. The summed E-state index contributed by atoms with van der Waals surface area (Å²) in [5, 5.41) is 12.2. The molecule has 11 nitrogen and oxygen atoms in total. The Bertz CT molecular complexity index is 1230. The number of nitriles is 1. The lowest BCUT2D eigenvalue weighted by Crippen LogP contribution is -2.47. The summed E-state index contributed by atoms with van der Waals surface area (Å²) in [6, 6.07) is 5.17. The normalized spacial score (nSPS) is 17.2. The summed E-state index contributed by atoms with van der Waals surface area (Å²) >= 11 is 0. The first-order valence-corrected chi connectivity index (χ1v) is 12.3. The summed E-state index contributed by atoms with van der Waals surface area (Å²) in [7, 11) is 1.62. The number of pyridine rings is 2. The minimum atomic E-state index is -0.421. The summed E-state index contributed by atoms with van der Waals surface area (Å²) in [5.41, 5.74) is 2.91. The summed E-state index contributed by atoms with van der Waals surface area (Å²) in [6.07, 6.45) is 4.88. The third kappa shape index (κ3) is 5.93. The third-order valence-electron chi connectivity index (χ3n) is 6.55. The van der Waals surface area contributed by atoms with Crippen molar-refractivity contribution in [2.24, 2.45) is 0 Å². The van der Waals surface area contributed by atoms with Crippen LogP contribution >= 0.6 is 0 Å². The lowest BCUT2D eigenvalue weighted by Gasteiger charge is -2.34. The molecule has 11 heteroatoms. The van der Waals surface area contributed by atoms with Crippen LogP contribution in [0.2, 0.25) is 0 Å². The Labute approximate surface area is 215 Å². The maximum atomic E-state index is 13.2. The van der Waals surface area contributed by atoms with Gasteiger partial charge in [-0.2, -0.15) is 5.26 Å². The molecule has 1 N–H and O–H groups in total. The fraction of sp³-hybridized carbons (Fsp3) is 0.462. The average Bonchev–Trinajstić information content (AvgIpc) is 2.90. The summed E-state index contributed by atoms with van der Waals surface area (Å²) in [4.78, 5) is 49.5. The van der Waals surface area contributed by atoms with Crippen LogP contribution in [0.5, 0.6) is 0 Å². The van der Waals surface area contributed by atoms with Crippen LogP contribution in [0.1, 0.15) is 52.5 Å². The van der Waals surface area contributed by atoms with Gasteiger partial charge in [0.05, 0.1) is 18.2 Å². The van der Waals surface area contributed by atoms with Crippen LogP contribution < -0.4 is 10.2 Å². The molecule has 194 valence electrons. The largest absolute Gasteiger partial charge is 0.385 e. The zero-order chi connectivity index (χ0) is 26.4. The Kier molecular flexibility index (Phi) is 8.43. The zero-order valence-corrected chi connectivity index (χ0v) is 21.0. The van der Waals surface area contributed by atoms with Crippen LogP contribution in [-0.4, -0.2) is 72.6 Å². The van der Waals surface area contributed by atoms with Crippen LogP contribution in [0, 0.1) is 11.3 Å². The van der Waals surface area contributed by atoms with Crippen molar-refractivity contribution in [1.29, 1.82) is 5.26 Å². The summed E-state index contributed by atoms with van der Waals surface area (Å²) in [5.74, 6) is 0.617. The van der Waals surface area contributed by atoms with E-state index in [4.69, 9.17) is 9.47 Å². The number of amides is 3. The molecule has 2 aliphatic rings. The molecule has 1 saturated heterocycles. The highest BCUT2D eigenvalue weighted by Crippen LogP contribution is 2.29. The van der Waals surface area contributed by atoms with E-state index >= 15 is 0 Å². The number of hydrogen-bond donors (Lipinski definition) is 1. The number of morpholine rings is 1. The Morgan fingerprint density at radius 3 is 2.95 bits per heavy atom. The van der Waals surface area contributed by atoms with E-state index in [2.05, 4.69) is 21.4 Å². The van der Waals surface area contributed by atoms with E-state index in [0.717, 1.165) is 24.0 Å². The van der Waals surface area contributed by atoms with Gasteiger partial charge >= 0.3 is 6.03 Å². The predicted molar refractivity (Wildman–Crippen MR) is 134 cm³/mol. The second-order valence-electron chi connectivity index (χ2n) is 9.14. The number of anilines is 2. The number of aryl methyl sites for hydroxylation is 2. The summed E-state index contributed by atoms with van der Waals surface area (Å²) in [6.45, 7) is 3.60. The number of nitrogens with zero attached hydrogens (tertiary/aromatic N) is 5. The minimum Gasteiger partial charge on any atom is -0.385 e. The molecule has 4 heterocycles. The average molecular weight is 507 g/mol. The van der Waals surface area contributed by atoms with Crippen LogP contribution in [0.4, 0.5) is 16.4 Å². The molecule has 0 unspecified atom stereocenters. The molecule has 0 saturated carbocycles. The Morgan fingerprint density at radius 1 is 1.38 bits per heavy atom. The molecule has 3 amide bonds. The topological polar surface area (TPSA) is 138 Å². The van der Waals surface area contributed by atoms with Gasteiger partial charge in [-0.1, -0.05) is 0 Å². The van der Waals surface area contributed by atoms with Gasteiger partial charge in [-0.15, -0.1) is 0 Å². The Balaban J connectivity index is 1.55. The fourth-order valence-electron chi connectivity index (χ4n) is 4.60. The molecule has 0 bridgehead atoms. The molecule has 2 aromatic rings. The van der Waals surface area contributed by atoms with Crippen molar-refractivity contribution in [1.82, 2.24) is 14.9 Å². The number of ether oxygens (including phenoxy) is 2. The number of carbonyl (C=O) groups is 3. The number of aldehydes is 1. The zero-order valence-electron chi connectivity index (χ0n) is 21.0. The number of methoxy groups -OCH3 is 1. The van der Waals surface area contributed by atoms with E-state index in [1.807, 2.05) is 13.0 Å². The molecule has 0 spiro atoms. The van der Waals surface area contributed by atoms with Crippen molar-refractivity contribution < 1.29 is 23.9 Å². The first-order chi connectivity index (χ1) is 17.9. The number of fused-ring (bicyclic) bond motifs is 1. The van der Waals surface area contributed by atoms with Crippen molar-refractivity contribution in [3.8, 4) is 6.07 Å². The molecule has 0 aromatic carbocycles. The number of nitrogens with one attached hydrogen (secondary N) is 1. The molecule has 1 atom stereocenters. The van der Waals surface area contributed by atoms with E-state index in [0.29, 0.717) is 61.6 Å². The van der Waals surface area contributed by atoms with Crippen LogP contribution in [0.15, 0.2) is 18.3 Å². The highest BCUT2D eigenvalue weighted by atomic mass is 16.5. The lowest BCUT2D eigenvalue weighted by molar-refractivity contribution is -0.148. The molecule has 0 aliphatic carbocycles. The molecule has 37 heavy (non-hydrogen) atoms. The quantitative estimate of drug-likeness (QED) is 0.426. The van der Waals surface area contributed by atoms with Crippen LogP contribution in [-0.2, 0) is 33.7 Å². The van der Waals surface area contributed by atoms with Gasteiger partial charge in [-0.25, -0.2) is 14.8 Å². The second kappa shape index (κ2) is 11.9. The van der Waals surface area contributed by atoms with Gasteiger partial charge in [0.25, 0.3) is 0 Å². The highest BCUT2D eigenvalue weighted by Gasteiger charge is 2.29. The Hall–Kier alpha value is -3.88. The maximum absolute atomic E-state index is 13.2. The smallest absolute Gasteiger partial charge is 0.328 e. The lowest BCUT2D eigenvalue weighted by atomic mass is 10.0. The second-order valence-corrected chi connectivity index (χ2v) is 9.14. The minimum absolute atomic E-state index is 0.0184. The molecular weight excluding hydrogens is 476 g/mol.